The van der Waals surface area contributed by atoms with Gasteiger partial charge in [0.25, 0.3) is 0 Å². The Bertz CT molecular complexity index is 700. The second-order valence-electron chi connectivity index (χ2n) is 6.28. The number of hydrogen-bond donors (Lipinski definition) is 1. The molecule has 2 aromatic rings. The second kappa shape index (κ2) is 6.37. The van der Waals surface area contributed by atoms with Crippen molar-refractivity contribution >= 4 is 5.57 Å². The molecule has 0 aromatic heterocycles. The zero-order chi connectivity index (χ0) is 15.5. The maximum absolute atomic E-state index is 9.90. The van der Waals surface area contributed by atoms with Crippen LogP contribution in [0.2, 0.25) is 0 Å². The van der Waals surface area contributed by atoms with E-state index in [4.69, 9.17) is 0 Å². The summed E-state index contributed by atoms with van der Waals surface area (Å²) in [6, 6.07) is 16.3. The molecule has 22 heavy (non-hydrogen) atoms. The molecule has 0 fully saturated rings. The van der Waals surface area contributed by atoms with E-state index in [-0.39, 0.29) is 0 Å². The molecule has 0 saturated heterocycles. The minimum absolute atomic E-state index is 0.330. The average Bonchev–Trinajstić information content (AvgIpc) is 2.65. The number of benzene rings is 2. The molecule has 0 amide bonds. The molecule has 0 heterocycles. The predicted molar refractivity (Wildman–Crippen MR) is 92.1 cm³/mol. The Morgan fingerprint density at radius 3 is 2.59 bits per heavy atom. The molecule has 2 nitrogen and oxygen atoms in total. The van der Waals surface area contributed by atoms with Gasteiger partial charge in [-0.1, -0.05) is 36.4 Å². The van der Waals surface area contributed by atoms with Crippen LogP contribution >= 0.6 is 0 Å². The summed E-state index contributed by atoms with van der Waals surface area (Å²) in [5.41, 5.74) is 6.61. The van der Waals surface area contributed by atoms with Crippen molar-refractivity contribution < 1.29 is 5.11 Å². The van der Waals surface area contributed by atoms with Gasteiger partial charge in [0.1, 0.15) is 5.75 Å². The van der Waals surface area contributed by atoms with Crippen LogP contribution in [0.1, 0.15) is 29.5 Å². The van der Waals surface area contributed by atoms with Crippen LogP contribution < -0.4 is 0 Å². The van der Waals surface area contributed by atoms with E-state index in [1.54, 1.807) is 6.07 Å². The lowest BCUT2D eigenvalue weighted by atomic mass is 9.90. The van der Waals surface area contributed by atoms with Gasteiger partial charge in [-0.05, 0) is 73.3 Å². The molecule has 114 valence electrons. The van der Waals surface area contributed by atoms with Gasteiger partial charge in [0.15, 0.2) is 0 Å². The molecule has 0 aliphatic heterocycles. The molecule has 0 spiro atoms. The molecule has 0 saturated carbocycles. The van der Waals surface area contributed by atoms with E-state index in [1.807, 2.05) is 12.1 Å². The van der Waals surface area contributed by atoms with Crippen LogP contribution in [0.5, 0.6) is 5.75 Å². The molecule has 3 rings (SSSR count). The van der Waals surface area contributed by atoms with E-state index in [9.17, 15) is 5.11 Å². The number of hydrogen-bond acceptors (Lipinski definition) is 2. The lowest BCUT2D eigenvalue weighted by Gasteiger charge is -2.19. The van der Waals surface area contributed by atoms with Gasteiger partial charge in [0, 0.05) is 6.54 Å². The van der Waals surface area contributed by atoms with Crippen molar-refractivity contribution in [3.05, 3.63) is 70.8 Å². The van der Waals surface area contributed by atoms with E-state index in [0.29, 0.717) is 5.75 Å². The van der Waals surface area contributed by atoms with Crippen molar-refractivity contribution in [3.8, 4) is 5.75 Å². The highest BCUT2D eigenvalue weighted by Crippen LogP contribution is 2.36. The molecular weight excluding hydrogens is 270 g/mol. The molecular formula is C20H23NO. The quantitative estimate of drug-likeness (QED) is 0.921. The molecule has 2 heteroatoms. The summed E-state index contributed by atoms with van der Waals surface area (Å²) in [5.74, 6) is 0.330. The van der Waals surface area contributed by atoms with Crippen molar-refractivity contribution in [2.75, 3.05) is 20.6 Å². The zero-order valence-corrected chi connectivity index (χ0v) is 13.3. The van der Waals surface area contributed by atoms with Crippen LogP contribution in [0.25, 0.3) is 5.57 Å². The summed E-state index contributed by atoms with van der Waals surface area (Å²) in [6.07, 6.45) is 3.41. The Morgan fingerprint density at radius 2 is 1.82 bits per heavy atom. The lowest BCUT2D eigenvalue weighted by molar-refractivity contribution is 0.439. The first-order valence-electron chi connectivity index (χ1n) is 7.89. The molecule has 0 bridgehead atoms. The number of phenols is 1. The molecule has 0 atom stereocenters. The van der Waals surface area contributed by atoms with Gasteiger partial charge >= 0.3 is 0 Å². The highest BCUT2D eigenvalue weighted by molar-refractivity contribution is 5.84. The smallest absolute Gasteiger partial charge is 0.116 e. The highest BCUT2D eigenvalue weighted by atomic mass is 16.3. The molecule has 1 aliphatic rings. The van der Waals surface area contributed by atoms with E-state index in [2.05, 4.69) is 49.3 Å². The first kappa shape index (κ1) is 14.9. The number of aromatic hydroxyl groups is 1. The SMILES string of the molecule is CN(C)CC1=C(c2cccc(O)c2)c2ccccc2CCC1. The topological polar surface area (TPSA) is 23.5 Å². The van der Waals surface area contributed by atoms with Crippen LogP contribution in [0.3, 0.4) is 0 Å². The van der Waals surface area contributed by atoms with Crippen LogP contribution in [-0.2, 0) is 6.42 Å². The average molecular weight is 293 g/mol. The van der Waals surface area contributed by atoms with Gasteiger partial charge < -0.3 is 10.0 Å². The molecule has 0 radical (unpaired) electrons. The molecule has 1 N–H and O–H groups in total. The maximum atomic E-state index is 9.90. The van der Waals surface area contributed by atoms with Crippen LogP contribution in [0, 0.1) is 0 Å². The number of likely N-dealkylation sites (N-methyl/N-ethyl adjacent to an activating group) is 1. The second-order valence-corrected chi connectivity index (χ2v) is 6.28. The third-order valence-corrected chi connectivity index (χ3v) is 4.21. The summed E-state index contributed by atoms with van der Waals surface area (Å²) in [7, 11) is 4.23. The summed E-state index contributed by atoms with van der Waals surface area (Å²) >= 11 is 0. The van der Waals surface area contributed by atoms with Gasteiger partial charge in [-0.25, -0.2) is 0 Å². The fourth-order valence-corrected chi connectivity index (χ4v) is 3.35. The van der Waals surface area contributed by atoms with Gasteiger partial charge in [-0.15, -0.1) is 0 Å². The van der Waals surface area contributed by atoms with E-state index >= 15 is 0 Å². The molecule has 2 aromatic carbocycles. The zero-order valence-electron chi connectivity index (χ0n) is 13.3. The Kier molecular flexibility index (Phi) is 4.30. The first-order valence-corrected chi connectivity index (χ1v) is 7.89. The van der Waals surface area contributed by atoms with Gasteiger partial charge in [0.05, 0.1) is 0 Å². The normalized spacial score (nSPS) is 14.9. The highest BCUT2D eigenvalue weighted by Gasteiger charge is 2.19. The van der Waals surface area contributed by atoms with Crippen LogP contribution in [0.15, 0.2) is 54.1 Å². The summed E-state index contributed by atoms with van der Waals surface area (Å²) in [5, 5.41) is 9.90. The Balaban J connectivity index is 2.21. The largest absolute Gasteiger partial charge is 0.508 e. The minimum atomic E-state index is 0.330. The Labute approximate surface area is 132 Å². The van der Waals surface area contributed by atoms with Crippen molar-refractivity contribution in [2.24, 2.45) is 0 Å². The van der Waals surface area contributed by atoms with E-state index in [0.717, 1.165) is 24.9 Å². The number of fused-ring (bicyclic) bond motifs is 1. The monoisotopic (exact) mass is 293 g/mol. The number of phenolic OH excluding ortho intramolecular Hbond substituents is 1. The first-order chi connectivity index (χ1) is 10.6. The van der Waals surface area contributed by atoms with Crippen molar-refractivity contribution in [1.82, 2.24) is 4.90 Å². The van der Waals surface area contributed by atoms with Gasteiger partial charge in [-0.2, -0.15) is 0 Å². The van der Waals surface area contributed by atoms with Crippen LogP contribution in [-0.4, -0.2) is 30.6 Å². The van der Waals surface area contributed by atoms with Gasteiger partial charge in [-0.3, -0.25) is 0 Å². The molecule has 1 aliphatic carbocycles. The number of rotatable bonds is 3. The van der Waals surface area contributed by atoms with Gasteiger partial charge in [0.2, 0.25) is 0 Å². The third kappa shape index (κ3) is 3.07. The fourth-order valence-electron chi connectivity index (χ4n) is 3.35. The lowest BCUT2D eigenvalue weighted by Crippen LogP contribution is -2.16. The summed E-state index contributed by atoms with van der Waals surface area (Å²) < 4.78 is 0. The van der Waals surface area contributed by atoms with E-state index < -0.39 is 0 Å². The number of nitrogens with zero attached hydrogens (tertiary/aromatic N) is 1. The maximum Gasteiger partial charge on any atom is 0.116 e. The van der Waals surface area contributed by atoms with Crippen LogP contribution in [0.4, 0.5) is 0 Å². The minimum Gasteiger partial charge on any atom is -0.508 e. The standard InChI is InChI=1S/C20H23NO/c1-21(2)14-17-10-5-8-15-7-3-4-12-19(15)20(17)16-9-6-11-18(22)13-16/h3-4,6-7,9,11-13,22H,5,8,10,14H2,1-2H3. The number of aryl methyl sites for hydroxylation is 1. The third-order valence-electron chi connectivity index (χ3n) is 4.21. The van der Waals surface area contributed by atoms with Crippen molar-refractivity contribution in [2.45, 2.75) is 19.3 Å². The summed E-state index contributed by atoms with van der Waals surface area (Å²) in [4.78, 5) is 2.23. The Morgan fingerprint density at radius 1 is 1.00 bits per heavy atom. The fraction of sp³-hybridized carbons (Fsp3) is 0.300. The molecule has 0 unspecified atom stereocenters. The predicted octanol–water partition coefficient (Wildman–Crippen LogP) is 4.09. The van der Waals surface area contributed by atoms with Crippen molar-refractivity contribution in [3.63, 3.8) is 0 Å². The Hall–Kier alpha value is -2.06. The summed E-state index contributed by atoms with van der Waals surface area (Å²) in [6.45, 7) is 0.958. The van der Waals surface area contributed by atoms with Crippen molar-refractivity contribution in [1.29, 1.82) is 0 Å². The van der Waals surface area contributed by atoms with E-state index in [1.165, 1.54) is 28.7 Å².